The molecule has 0 aliphatic rings. The highest BCUT2D eigenvalue weighted by atomic mass is 16.5. The number of anilines is 1. The molecule has 0 spiro atoms. The van der Waals surface area contributed by atoms with Crippen LogP contribution in [0.4, 0.5) is 5.69 Å². The molecule has 0 radical (unpaired) electrons. The van der Waals surface area contributed by atoms with Gasteiger partial charge in [-0.05, 0) is 18.2 Å². The number of nitrogen functional groups attached to an aromatic ring is 1. The molecule has 19 heavy (non-hydrogen) atoms. The van der Waals surface area contributed by atoms with Crippen molar-refractivity contribution in [2.45, 2.75) is 6.61 Å². The van der Waals surface area contributed by atoms with Crippen molar-refractivity contribution in [2.24, 2.45) is 0 Å². The van der Waals surface area contributed by atoms with Crippen LogP contribution in [0.1, 0.15) is 15.9 Å². The van der Waals surface area contributed by atoms with E-state index in [9.17, 15) is 9.90 Å². The summed E-state index contributed by atoms with van der Waals surface area (Å²) in [4.78, 5) is 10.8. The number of aliphatic hydroxyl groups excluding tert-OH is 1. The van der Waals surface area contributed by atoms with E-state index < -0.39 is 5.97 Å². The van der Waals surface area contributed by atoms with E-state index in [2.05, 4.69) is 0 Å². The lowest BCUT2D eigenvalue weighted by atomic mass is 10.1. The molecular weight excluding hydrogens is 246 g/mol. The summed E-state index contributed by atoms with van der Waals surface area (Å²) in [6.45, 7) is -0.140. The van der Waals surface area contributed by atoms with Crippen LogP contribution in [0, 0.1) is 0 Å². The number of aliphatic hydroxyl groups is 1. The number of benzene rings is 2. The van der Waals surface area contributed by atoms with Crippen molar-refractivity contribution in [1.29, 1.82) is 0 Å². The Hall–Kier alpha value is -2.53. The van der Waals surface area contributed by atoms with Crippen LogP contribution in [0.15, 0.2) is 42.5 Å². The Morgan fingerprint density at radius 2 is 1.95 bits per heavy atom. The van der Waals surface area contributed by atoms with Crippen LogP contribution >= 0.6 is 0 Å². The second kappa shape index (κ2) is 5.41. The van der Waals surface area contributed by atoms with Crippen molar-refractivity contribution < 1.29 is 19.7 Å². The molecule has 5 nitrogen and oxygen atoms in total. The molecular formula is C14H13NO4. The van der Waals surface area contributed by atoms with Gasteiger partial charge in [-0.15, -0.1) is 0 Å². The van der Waals surface area contributed by atoms with E-state index in [4.69, 9.17) is 15.6 Å². The summed E-state index contributed by atoms with van der Waals surface area (Å²) >= 11 is 0. The maximum atomic E-state index is 10.8. The number of hydrogen-bond acceptors (Lipinski definition) is 4. The Morgan fingerprint density at radius 3 is 2.58 bits per heavy atom. The second-order valence-electron chi connectivity index (χ2n) is 3.92. The van der Waals surface area contributed by atoms with Gasteiger partial charge in [0.05, 0.1) is 12.2 Å². The van der Waals surface area contributed by atoms with Crippen molar-refractivity contribution in [3.05, 3.63) is 53.6 Å². The quantitative estimate of drug-likeness (QED) is 0.732. The smallest absolute Gasteiger partial charge is 0.337 e. The van der Waals surface area contributed by atoms with Gasteiger partial charge in [-0.3, -0.25) is 0 Å². The topological polar surface area (TPSA) is 92.8 Å². The van der Waals surface area contributed by atoms with Gasteiger partial charge in [-0.25, -0.2) is 4.79 Å². The summed E-state index contributed by atoms with van der Waals surface area (Å²) in [5, 5.41) is 18.1. The first-order valence-corrected chi connectivity index (χ1v) is 5.61. The Morgan fingerprint density at radius 1 is 1.21 bits per heavy atom. The molecule has 5 heteroatoms. The van der Waals surface area contributed by atoms with E-state index in [1.54, 1.807) is 24.3 Å². The minimum Gasteiger partial charge on any atom is -0.478 e. The lowest BCUT2D eigenvalue weighted by Gasteiger charge is -2.10. The zero-order chi connectivity index (χ0) is 13.8. The standard InChI is InChI=1S/C14H13NO4/c15-12-7-10(5-6-11(12)14(17)18)19-13-4-2-1-3-9(13)8-16/h1-7,16H,8,15H2,(H,17,18). The number of rotatable bonds is 4. The molecule has 0 heterocycles. The average molecular weight is 259 g/mol. The van der Waals surface area contributed by atoms with E-state index in [1.807, 2.05) is 0 Å². The lowest BCUT2D eigenvalue weighted by Crippen LogP contribution is -2.02. The number of aromatic carboxylic acids is 1. The van der Waals surface area contributed by atoms with Crippen molar-refractivity contribution in [1.82, 2.24) is 0 Å². The molecule has 2 aromatic rings. The van der Waals surface area contributed by atoms with Gasteiger partial charge in [0.2, 0.25) is 0 Å². The average Bonchev–Trinajstić information content (AvgIpc) is 2.39. The fraction of sp³-hybridized carbons (Fsp3) is 0.0714. The van der Waals surface area contributed by atoms with Gasteiger partial charge < -0.3 is 20.7 Å². The molecule has 98 valence electrons. The maximum absolute atomic E-state index is 10.8. The molecule has 0 amide bonds. The molecule has 0 fully saturated rings. The fourth-order valence-electron chi connectivity index (χ4n) is 1.66. The zero-order valence-electron chi connectivity index (χ0n) is 10.0. The molecule has 0 atom stereocenters. The summed E-state index contributed by atoms with van der Waals surface area (Å²) in [5.41, 5.74) is 6.44. The number of carbonyl (C=O) groups is 1. The molecule has 4 N–H and O–H groups in total. The number of carboxylic acids is 1. The normalized spacial score (nSPS) is 10.2. The molecule has 0 unspecified atom stereocenters. The summed E-state index contributed by atoms with van der Waals surface area (Å²) in [7, 11) is 0. The van der Waals surface area contributed by atoms with E-state index in [0.29, 0.717) is 17.1 Å². The Kier molecular flexibility index (Phi) is 3.68. The van der Waals surface area contributed by atoms with Crippen molar-refractivity contribution in [3.63, 3.8) is 0 Å². The highest BCUT2D eigenvalue weighted by Gasteiger charge is 2.10. The van der Waals surface area contributed by atoms with Crippen LogP contribution < -0.4 is 10.5 Å². The molecule has 2 aromatic carbocycles. The van der Waals surface area contributed by atoms with Crippen LogP contribution in [0.2, 0.25) is 0 Å². The molecule has 0 saturated carbocycles. The van der Waals surface area contributed by atoms with Gasteiger partial charge in [0.1, 0.15) is 11.5 Å². The first-order chi connectivity index (χ1) is 9.11. The van der Waals surface area contributed by atoms with Gasteiger partial charge in [0, 0.05) is 17.3 Å². The summed E-state index contributed by atoms with van der Waals surface area (Å²) < 4.78 is 5.58. The monoisotopic (exact) mass is 259 g/mol. The number of hydrogen-bond donors (Lipinski definition) is 3. The van der Waals surface area contributed by atoms with Gasteiger partial charge in [0.15, 0.2) is 0 Å². The van der Waals surface area contributed by atoms with Crippen molar-refractivity contribution >= 4 is 11.7 Å². The first kappa shape index (κ1) is 12.9. The zero-order valence-corrected chi connectivity index (χ0v) is 10.0. The van der Waals surface area contributed by atoms with Crippen LogP contribution in [0.5, 0.6) is 11.5 Å². The third-order valence-electron chi connectivity index (χ3n) is 2.62. The molecule has 0 aliphatic heterocycles. The Bertz CT molecular complexity index is 610. The Balaban J connectivity index is 2.29. The largest absolute Gasteiger partial charge is 0.478 e. The van der Waals surface area contributed by atoms with E-state index in [-0.39, 0.29) is 17.9 Å². The predicted molar refractivity (Wildman–Crippen MR) is 70.3 cm³/mol. The minimum atomic E-state index is -1.08. The van der Waals surface area contributed by atoms with E-state index >= 15 is 0 Å². The predicted octanol–water partition coefficient (Wildman–Crippen LogP) is 2.25. The number of para-hydroxylation sites is 1. The van der Waals surface area contributed by atoms with Crippen molar-refractivity contribution in [2.75, 3.05) is 5.73 Å². The third kappa shape index (κ3) is 2.83. The minimum absolute atomic E-state index is 0.0304. The summed E-state index contributed by atoms with van der Waals surface area (Å²) in [5.74, 6) is -0.157. The van der Waals surface area contributed by atoms with Crippen LogP contribution in [-0.4, -0.2) is 16.2 Å². The van der Waals surface area contributed by atoms with Gasteiger partial charge in [-0.1, -0.05) is 18.2 Å². The van der Waals surface area contributed by atoms with E-state index in [1.165, 1.54) is 18.2 Å². The molecule has 0 bridgehead atoms. The summed E-state index contributed by atoms with van der Waals surface area (Å²) in [6.07, 6.45) is 0. The van der Waals surface area contributed by atoms with Crippen LogP contribution in [0.3, 0.4) is 0 Å². The molecule has 0 aromatic heterocycles. The van der Waals surface area contributed by atoms with Gasteiger partial charge >= 0.3 is 5.97 Å². The second-order valence-corrected chi connectivity index (χ2v) is 3.92. The highest BCUT2D eigenvalue weighted by Crippen LogP contribution is 2.27. The van der Waals surface area contributed by atoms with Crippen LogP contribution in [0.25, 0.3) is 0 Å². The van der Waals surface area contributed by atoms with Crippen molar-refractivity contribution in [3.8, 4) is 11.5 Å². The number of nitrogens with two attached hydrogens (primary N) is 1. The Labute approximate surface area is 109 Å². The molecule has 0 saturated heterocycles. The van der Waals surface area contributed by atoms with Gasteiger partial charge in [-0.2, -0.15) is 0 Å². The first-order valence-electron chi connectivity index (χ1n) is 5.61. The highest BCUT2D eigenvalue weighted by molar-refractivity contribution is 5.93. The fourth-order valence-corrected chi connectivity index (χ4v) is 1.66. The molecule has 2 rings (SSSR count). The van der Waals surface area contributed by atoms with Gasteiger partial charge in [0.25, 0.3) is 0 Å². The summed E-state index contributed by atoms with van der Waals surface area (Å²) in [6, 6.07) is 11.4. The SMILES string of the molecule is Nc1cc(Oc2ccccc2CO)ccc1C(=O)O. The lowest BCUT2D eigenvalue weighted by molar-refractivity contribution is 0.0698. The third-order valence-corrected chi connectivity index (χ3v) is 2.62. The number of carboxylic acid groups (broad SMARTS) is 1. The maximum Gasteiger partial charge on any atom is 0.337 e. The van der Waals surface area contributed by atoms with Crippen LogP contribution in [-0.2, 0) is 6.61 Å². The number of ether oxygens (including phenoxy) is 1. The molecule has 0 aliphatic carbocycles. The van der Waals surface area contributed by atoms with E-state index in [0.717, 1.165) is 0 Å².